The molecule has 1 saturated heterocycles. The van der Waals surface area contributed by atoms with Crippen LogP contribution in [0.5, 0.6) is 0 Å². The minimum atomic E-state index is 0.242. The van der Waals surface area contributed by atoms with Crippen LogP contribution in [0.1, 0.15) is 17.2 Å². The summed E-state index contributed by atoms with van der Waals surface area (Å²) < 4.78 is 0. The van der Waals surface area contributed by atoms with Crippen LogP contribution in [0.4, 0.5) is 0 Å². The molecule has 5 heteroatoms. The molecule has 2 aromatic carbocycles. The number of nitrogens with zero attached hydrogens (tertiary/aromatic N) is 2. The van der Waals surface area contributed by atoms with E-state index in [2.05, 4.69) is 46.2 Å². The number of aliphatic hydroxyl groups is 1. The van der Waals surface area contributed by atoms with Crippen molar-refractivity contribution in [3.63, 3.8) is 0 Å². The fourth-order valence-corrected chi connectivity index (χ4v) is 5.14. The van der Waals surface area contributed by atoms with Gasteiger partial charge in [-0.3, -0.25) is 9.80 Å². The maximum atomic E-state index is 9.17. The molecule has 1 atom stereocenters. The average Bonchev–Trinajstić information content (AvgIpc) is 2.79. The van der Waals surface area contributed by atoms with Gasteiger partial charge in [0.2, 0.25) is 0 Å². The molecule has 0 aromatic heterocycles. The van der Waals surface area contributed by atoms with Gasteiger partial charge in [0.25, 0.3) is 0 Å². The van der Waals surface area contributed by atoms with Gasteiger partial charge in [-0.25, -0.2) is 0 Å². The number of hydrogen-bond acceptors (Lipinski definition) is 4. The first kappa shape index (κ1) is 17.4. The van der Waals surface area contributed by atoms with E-state index in [1.54, 1.807) is 0 Å². The van der Waals surface area contributed by atoms with Crippen molar-refractivity contribution in [2.45, 2.75) is 22.3 Å². The zero-order valence-electron chi connectivity index (χ0n) is 14.2. The number of piperazine rings is 1. The summed E-state index contributed by atoms with van der Waals surface area (Å²) in [6, 6.07) is 15.4. The minimum Gasteiger partial charge on any atom is -0.395 e. The highest BCUT2D eigenvalue weighted by Crippen LogP contribution is 2.43. The van der Waals surface area contributed by atoms with E-state index in [0.717, 1.165) is 44.2 Å². The summed E-state index contributed by atoms with van der Waals surface area (Å²) in [5.74, 6) is 0. The third-order valence-electron chi connectivity index (χ3n) is 5.20. The maximum absolute atomic E-state index is 9.17. The van der Waals surface area contributed by atoms with E-state index in [-0.39, 0.29) is 6.61 Å². The van der Waals surface area contributed by atoms with Gasteiger partial charge in [-0.2, -0.15) is 0 Å². The molecule has 2 aliphatic heterocycles. The van der Waals surface area contributed by atoms with Gasteiger partial charge in [-0.1, -0.05) is 41.6 Å². The lowest BCUT2D eigenvalue weighted by molar-refractivity contribution is 0.0823. The average molecular weight is 375 g/mol. The van der Waals surface area contributed by atoms with Gasteiger partial charge in [-0.05, 0) is 41.8 Å². The molecule has 0 bridgehead atoms. The lowest BCUT2D eigenvalue weighted by Gasteiger charge is -2.39. The first-order valence-corrected chi connectivity index (χ1v) is 10.1. The van der Waals surface area contributed by atoms with E-state index in [9.17, 15) is 0 Å². The van der Waals surface area contributed by atoms with Gasteiger partial charge >= 0.3 is 0 Å². The summed E-state index contributed by atoms with van der Waals surface area (Å²) in [5.41, 5.74) is 2.77. The molecule has 132 valence electrons. The van der Waals surface area contributed by atoms with Gasteiger partial charge in [0.15, 0.2) is 0 Å². The Hall–Kier alpha value is -1.04. The number of rotatable bonds is 3. The summed E-state index contributed by atoms with van der Waals surface area (Å²) in [7, 11) is 0. The number of β-amino-alcohol motifs (C(OH)–C–C–N with tert-alkyl or cyclic N) is 1. The highest BCUT2D eigenvalue weighted by Gasteiger charge is 2.29. The molecule has 1 unspecified atom stereocenters. The van der Waals surface area contributed by atoms with Crippen molar-refractivity contribution in [2.24, 2.45) is 0 Å². The highest BCUT2D eigenvalue weighted by atomic mass is 35.5. The van der Waals surface area contributed by atoms with Crippen LogP contribution in [-0.2, 0) is 6.42 Å². The number of aliphatic hydroxyl groups excluding tert-OH is 1. The normalized spacial score (nSPS) is 21.4. The Morgan fingerprint density at radius 3 is 2.64 bits per heavy atom. The van der Waals surface area contributed by atoms with E-state index in [1.165, 1.54) is 20.9 Å². The largest absolute Gasteiger partial charge is 0.395 e. The van der Waals surface area contributed by atoms with Crippen LogP contribution in [0.15, 0.2) is 52.3 Å². The Labute approximate surface area is 158 Å². The van der Waals surface area contributed by atoms with Crippen molar-refractivity contribution in [1.29, 1.82) is 0 Å². The number of benzene rings is 2. The van der Waals surface area contributed by atoms with E-state index in [4.69, 9.17) is 16.7 Å². The summed E-state index contributed by atoms with van der Waals surface area (Å²) >= 11 is 8.21. The molecule has 2 heterocycles. The quantitative estimate of drug-likeness (QED) is 0.886. The van der Waals surface area contributed by atoms with E-state index < -0.39 is 0 Å². The number of halogens is 1. The van der Waals surface area contributed by atoms with Crippen LogP contribution in [0.25, 0.3) is 0 Å². The first-order valence-electron chi connectivity index (χ1n) is 8.87. The maximum Gasteiger partial charge on any atom is 0.0558 e. The van der Waals surface area contributed by atoms with Crippen molar-refractivity contribution >= 4 is 23.4 Å². The van der Waals surface area contributed by atoms with Gasteiger partial charge in [-0.15, -0.1) is 0 Å². The monoisotopic (exact) mass is 374 g/mol. The Morgan fingerprint density at radius 1 is 1.04 bits per heavy atom. The molecular formula is C20H23ClN2OS. The molecule has 1 fully saturated rings. The summed E-state index contributed by atoms with van der Waals surface area (Å²) in [6.07, 6.45) is 1.02. The topological polar surface area (TPSA) is 26.7 Å². The van der Waals surface area contributed by atoms with Crippen LogP contribution in [0.2, 0.25) is 5.02 Å². The summed E-state index contributed by atoms with van der Waals surface area (Å²) in [4.78, 5) is 7.60. The second kappa shape index (κ2) is 7.68. The molecule has 4 rings (SSSR count). The Balaban J connectivity index is 1.65. The molecule has 3 nitrogen and oxygen atoms in total. The van der Waals surface area contributed by atoms with Crippen molar-refractivity contribution in [2.75, 3.05) is 39.3 Å². The smallest absolute Gasteiger partial charge is 0.0558 e. The van der Waals surface area contributed by atoms with Crippen molar-refractivity contribution in [3.8, 4) is 0 Å². The Kier molecular flexibility index (Phi) is 5.34. The molecule has 0 radical (unpaired) electrons. The predicted octanol–water partition coefficient (Wildman–Crippen LogP) is 3.70. The molecule has 0 aliphatic carbocycles. The molecule has 1 N–H and O–H groups in total. The molecule has 0 saturated carbocycles. The van der Waals surface area contributed by atoms with Crippen molar-refractivity contribution in [3.05, 3.63) is 58.6 Å². The third-order valence-corrected chi connectivity index (χ3v) is 6.65. The van der Waals surface area contributed by atoms with Gasteiger partial charge in [0.1, 0.15) is 0 Å². The van der Waals surface area contributed by atoms with Crippen LogP contribution in [0.3, 0.4) is 0 Å². The molecule has 0 amide bonds. The summed E-state index contributed by atoms with van der Waals surface area (Å²) in [6.45, 7) is 5.11. The molecule has 2 aliphatic rings. The molecule has 25 heavy (non-hydrogen) atoms. The van der Waals surface area contributed by atoms with Gasteiger partial charge < -0.3 is 5.11 Å². The van der Waals surface area contributed by atoms with Crippen molar-refractivity contribution in [1.82, 2.24) is 9.80 Å². The number of fused-ring (bicyclic) bond motifs is 2. The van der Waals surface area contributed by atoms with Gasteiger partial charge in [0.05, 0.1) is 6.61 Å². The molecular weight excluding hydrogens is 352 g/mol. The zero-order chi connectivity index (χ0) is 17.2. The lowest BCUT2D eigenvalue weighted by atomic mass is 9.96. The van der Waals surface area contributed by atoms with Crippen molar-refractivity contribution < 1.29 is 5.11 Å². The van der Waals surface area contributed by atoms with E-state index in [1.807, 2.05) is 17.8 Å². The highest BCUT2D eigenvalue weighted by molar-refractivity contribution is 7.99. The van der Waals surface area contributed by atoms with E-state index >= 15 is 0 Å². The van der Waals surface area contributed by atoms with Crippen LogP contribution < -0.4 is 0 Å². The molecule has 2 aromatic rings. The zero-order valence-corrected chi connectivity index (χ0v) is 15.8. The van der Waals surface area contributed by atoms with Gasteiger partial charge in [0, 0.05) is 53.6 Å². The second-order valence-electron chi connectivity index (χ2n) is 6.71. The Morgan fingerprint density at radius 2 is 1.84 bits per heavy atom. The van der Waals surface area contributed by atoms with Crippen LogP contribution in [0, 0.1) is 0 Å². The second-order valence-corrected chi connectivity index (χ2v) is 8.23. The SMILES string of the molecule is OCCN1CCN(C2Cc3ccccc3Sc3ccc(Cl)cc32)CC1. The minimum absolute atomic E-state index is 0.242. The fraction of sp³-hybridized carbons (Fsp3) is 0.400. The third kappa shape index (κ3) is 3.74. The van der Waals surface area contributed by atoms with E-state index in [0.29, 0.717) is 6.04 Å². The standard InChI is InChI=1S/C20H23ClN2OS/c21-16-5-6-20-17(14-16)18(13-15-3-1-2-4-19(15)25-20)23-9-7-22(8-10-23)11-12-24/h1-6,14,18,24H,7-13H2. The fourth-order valence-electron chi connectivity index (χ4n) is 3.85. The summed E-state index contributed by atoms with van der Waals surface area (Å²) in [5, 5.41) is 9.98. The number of hydrogen-bond donors (Lipinski definition) is 1. The van der Waals surface area contributed by atoms with Crippen LogP contribution in [-0.4, -0.2) is 54.2 Å². The van der Waals surface area contributed by atoms with Crippen LogP contribution >= 0.6 is 23.4 Å². The molecule has 0 spiro atoms. The predicted molar refractivity (Wildman–Crippen MR) is 104 cm³/mol. The lowest BCUT2D eigenvalue weighted by Crippen LogP contribution is -2.48. The first-order chi connectivity index (χ1) is 12.2. The Bertz CT molecular complexity index is 746.